The summed E-state index contributed by atoms with van der Waals surface area (Å²) in [5, 5.41) is 0.830. The van der Waals surface area contributed by atoms with Gasteiger partial charge in [0.2, 0.25) is 0 Å². The maximum Gasteiger partial charge on any atom is 0.454 e. The lowest BCUT2D eigenvalue weighted by Gasteiger charge is -2.32. The molecule has 0 bridgehead atoms. The van der Waals surface area contributed by atoms with Gasteiger partial charge in [-0.3, -0.25) is 14.4 Å². The number of ketones is 3. The van der Waals surface area contributed by atoms with E-state index in [2.05, 4.69) is 0 Å². The molecule has 1 aromatic carbocycles. The Kier molecular flexibility index (Phi) is 5.21. The summed E-state index contributed by atoms with van der Waals surface area (Å²) in [5.41, 5.74) is 0.515. The molecule has 0 saturated heterocycles. The molecule has 8 heteroatoms. The second kappa shape index (κ2) is 7.35. The topological polar surface area (TPSA) is 59.4 Å². The van der Waals surface area contributed by atoms with Crippen LogP contribution >= 0.6 is 0 Å². The number of carbonyl (C=O) groups is 3. The van der Waals surface area contributed by atoms with E-state index in [9.17, 15) is 27.6 Å². The standard InChI is InChI=1S/C21H19F3N2O3/c1-12(27)14-8-15(20(29)21(22,23)24)17(25(2)11-14)10-19(28)18-9-13-6-4-5-7-16(13)26(18)3/h4-9,11,17H,10H2,1-3H3. The summed E-state index contributed by atoms with van der Waals surface area (Å²) in [4.78, 5) is 37.9. The zero-order chi connectivity index (χ0) is 21.5. The Morgan fingerprint density at radius 1 is 1.10 bits per heavy atom. The third-order valence-corrected chi connectivity index (χ3v) is 5.05. The van der Waals surface area contributed by atoms with Crippen molar-refractivity contribution in [2.45, 2.75) is 25.6 Å². The molecule has 29 heavy (non-hydrogen) atoms. The molecule has 3 rings (SSSR count). The minimum absolute atomic E-state index is 0.0200. The molecular formula is C21H19F3N2O3. The van der Waals surface area contributed by atoms with Crippen molar-refractivity contribution in [2.75, 3.05) is 7.05 Å². The van der Waals surface area contributed by atoms with Gasteiger partial charge in [0.1, 0.15) is 0 Å². The molecule has 1 aromatic heterocycles. The van der Waals surface area contributed by atoms with Gasteiger partial charge in [0.15, 0.2) is 11.6 Å². The summed E-state index contributed by atoms with van der Waals surface area (Å²) >= 11 is 0. The fourth-order valence-corrected chi connectivity index (χ4v) is 3.49. The van der Waals surface area contributed by atoms with E-state index in [1.54, 1.807) is 17.7 Å². The lowest BCUT2D eigenvalue weighted by Crippen LogP contribution is -2.41. The third-order valence-electron chi connectivity index (χ3n) is 5.05. The normalized spacial score (nSPS) is 17.2. The van der Waals surface area contributed by atoms with Crippen molar-refractivity contribution in [2.24, 2.45) is 7.05 Å². The molecule has 0 spiro atoms. The maximum atomic E-state index is 13.1. The highest BCUT2D eigenvalue weighted by atomic mass is 19.4. The van der Waals surface area contributed by atoms with E-state index in [1.807, 2.05) is 24.3 Å². The summed E-state index contributed by atoms with van der Waals surface area (Å²) in [6.07, 6.45) is -3.14. The third kappa shape index (κ3) is 3.87. The second-order valence-electron chi connectivity index (χ2n) is 7.02. The Hall–Kier alpha value is -3.16. The smallest absolute Gasteiger partial charge is 0.372 e. The van der Waals surface area contributed by atoms with Gasteiger partial charge in [-0.15, -0.1) is 0 Å². The molecule has 0 radical (unpaired) electrons. The van der Waals surface area contributed by atoms with Gasteiger partial charge in [-0.2, -0.15) is 13.2 Å². The molecule has 0 saturated carbocycles. The number of fused-ring (bicyclic) bond motifs is 1. The lowest BCUT2D eigenvalue weighted by atomic mass is 9.90. The van der Waals surface area contributed by atoms with Crippen molar-refractivity contribution >= 4 is 28.3 Å². The summed E-state index contributed by atoms with van der Waals surface area (Å²) in [6.45, 7) is 1.20. The summed E-state index contributed by atoms with van der Waals surface area (Å²) in [7, 11) is 3.14. The Bertz CT molecular complexity index is 1080. The van der Waals surface area contributed by atoms with Crippen molar-refractivity contribution in [1.29, 1.82) is 0 Å². The van der Waals surface area contributed by atoms with Crippen LogP contribution in [0.3, 0.4) is 0 Å². The van der Waals surface area contributed by atoms with Gasteiger partial charge in [0, 0.05) is 48.8 Å². The van der Waals surface area contributed by atoms with Crippen LogP contribution in [0.25, 0.3) is 10.9 Å². The predicted molar refractivity (Wildman–Crippen MR) is 101 cm³/mol. The molecule has 1 unspecified atom stereocenters. The first-order chi connectivity index (χ1) is 13.5. The minimum Gasteiger partial charge on any atom is -0.372 e. The molecule has 0 N–H and O–H groups in total. The first kappa shape index (κ1) is 20.6. The van der Waals surface area contributed by atoms with Gasteiger partial charge in [-0.05, 0) is 25.1 Å². The number of Topliss-reactive ketones (excluding diaryl/α,β-unsaturated/α-hetero) is 3. The Balaban J connectivity index is 1.98. The number of likely N-dealkylation sites (N-methyl/N-ethyl adjacent to an activating group) is 1. The van der Waals surface area contributed by atoms with E-state index in [-0.39, 0.29) is 12.0 Å². The molecular weight excluding hydrogens is 385 g/mol. The van der Waals surface area contributed by atoms with Gasteiger partial charge in [0.25, 0.3) is 5.78 Å². The van der Waals surface area contributed by atoms with Crippen molar-refractivity contribution in [1.82, 2.24) is 9.47 Å². The average molecular weight is 404 g/mol. The van der Waals surface area contributed by atoms with Crippen molar-refractivity contribution in [3.8, 4) is 0 Å². The monoisotopic (exact) mass is 404 g/mol. The SMILES string of the molecule is CC(=O)C1=CN(C)C(CC(=O)c2cc3ccccc3n2C)C(C(=O)C(F)(F)F)=C1. The summed E-state index contributed by atoms with van der Waals surface area (Å²) in [6, 6.07) is 7.85. The number of para-hydroxylation sites is 1. The first-order valence-electron chi connectivity index (χ1n) is 8.86. The fourth-order valence-electron chi connectivity index (χ4n) is 3.49. The Morgan fingerprint density at radius 3 is 2.34 bits per heavy atom. The van der Waals surface area contributed by atoms with Crippen molar-refractivity contribution < 1.29 is 27.6 Å². The number of aromatic nitrogens is 1. The molecule has 1 aliphatic rings. The number of allylic oxidation sites excluding steroid dienone is 2. The molecule has 2 aromatic rings. The number of aryl methyl sites for hydroxylation is 1. The Labute approximate surface area is 165 Å². The average Bonchev–Trinajstić information content (AvgIpc) is 2.98. The quantitative estimate of drug-likeness (QED) is 0.715. The highest BCUT2D eigenvalue weighted by Gasteiger charge is 2.45. The van der Waals surface area contributed by atoms with Crippen molar-refractivity contribution in [3.05, 3.63) is 59.4 Å². The van der Waals surface area contributed by atoms with Gasteiger partial charge in [0.05, 0.1) is 11.7 Å². The number of hydrogen-bond donors (Lipinski definition) is 0. The summed E-state index contributed by atoms with van der Waals surface area (Å²) < 4.78 is 41.0. The largest absolute Gasteiger partial charge is 0.454 e. The number of nitrogens with zero attached hydrogens (tertiary/aromatic N) is 2. The molecule has 5 nitrogen and oxygen atoms in total. The molecule has 0 aliphatic carbocycles. The molecule has 0 amide bonds. The molecule has 152 valence electrons. The lowest BCUT2D eigenvalue weighted by molar-refractivity contribution is -0.167. The zero-order valence-electron chi connectivity index (χ0n) is 16.1. The molecule has 1 atom stereocenters. The number of alkyl halides is 3. The number of carbonyl (C=O) groups excluding carboxylic acids is 3. The number of halogens is 3. The van der Waals surface area contributed by atoms with Crippen molar-refractivity contribution in [3.63, 3.8) is 0 Å². The van der Waals surface area contributed by atoms with E-state index in [4.69, 9.17) is 0 Å². The van der Waals surface area contributed by atoms with Gasteiger partial charge in [-0.25, -0.2) is 0 Å². The van der Waals surface area contributed by atoms with E-state index >= 15 is 0 Å². The van der Waals surface area contributed by atoms with E-state index < -0.39 is 35.1 Å². The van der Waals surface area contributed by atoms with Gasteiger partial charge >= 0.3 is 6.18 Å². The Morgan fingerprint density at radius 2 is 1.76 bits per heavy atom. The van der Waals surface area contributed by atoms with E-state index in [0.29, 0.717) is 5.69 Å². The van der Waals surface area contributed by atoms with Crippen LogP contribution in [0.15, 0.2) is 53.8 Å². The van der Waals surface area contributed by atoms with Crippen LogP contribution in [0.2, 0.25) is 0 Å². The summed E-state index contributed by atoms with van der Waals surface area (Å²) in [5.74, 6) is -2.92. The van der Waals surface area contributed by atoms with Crippen LogP contribution in [0, 0.1) is 0 Å². The minimum atomic E-state index is -5.10. The number of rotatable bonds is 5. The first-order valence-corrected chi connectivity index (χ1v) is 8.86. The van der Waals surface area contributed by atoms with Gasteiger partial charge in [-0.1, -0.05) is 18.2 Å². The molecule has 0 fully saturated rings. The van der Waals surface area contributed by atoms with Crippen LogP contribution in [-0.2, 0) is 16.6 Å². The highest BCUT2D eigenvalue weighted by molar-refractivity contribution is 6.07. The number of hydrogen-bond acceptors (Lipinski definition) is 4. The van der Waals surface area contributed by atoms with E-state index in [1.165, 1.54) is 25.1 Å². The maximum absolute atomic E-state index is 13.1. The van der Waals surface area contributed by atoms with E-state index in [0.717, 1.165) is 17.0 Å². The molecule has 2 heterocycles. The fraction of sp³-hybridized carbons (Fsp3) is 0.286. The highest BCUT2D eigenvalue weighted by Crippen LogP contribution is 2.31. The van der Waals surface area contributed by atoms with Crippen LogP contribution in [0.5, 0.6) is 0 Å². The van der Waals surface area contributed by atoms with Gasteiger partial charge < -0.3 is 9.47 Å². The van der Waals surface area contributed by atoms with Crippen LogP contribution in [-0.4, -0.2) is 46.1 Å². The zero-order valence-corrected chi connectivity index (χ0v) is 16.1. The second-order valence-corrected chi connectivity index (χ2v) is 7.02. The number of benzene rings is 1. The van der Waals surface area contributed by atoms with Crippen LogP contribution in [0.4, 0.5) is 13.2 Å². The van der Waals surface area contributed by atoms with Crippen LogP contribution in [0.1, 0.15) is 23.8 Å². The molecule has 1 aliphatic heterocycles. The predicted octanol–water partition coefficient (Wildman–Crippen LogP) is 3.60. The van der Waals surface area contributed by atoms with Crippen LogP contribution < -0.4 is 0 Å².